The van der Waals surface area contributed by atoms with Crippen molar-refractivity contribution in [2.24, 2.45) is 0 Å². The van der Waals surface area contributed by atoms with Gasteiger partial charge in [-0.1, -0.05) is 6.07 Å². The van der Waals surface area contributed by atoms with E-state index in [1.807, 2.05) is 13.8 Å². The molecule has 0 bridgehead atoms. The summed E-state index contributed by atoms with van der Waals surface area (Å²) in [6.45, 7) is 6.99. The Kier molecular flexibility index (Phi) is 7.40. The van der Waals surface area contributed by atoms with Crippen LogP contribution in [0.15, 0.2) is 42.5 Å². The molecule has 172 valence electrons. The minimum absolute atomic E-state index is 0.00819. The second kappa shape index (κ2) is 10.0. The highest BCUT2D eigenvalue weighted by Gasteiger charge is 2.23. The molecule has 2 aromatic carbocycles. The molecule has 0 aliphatic carbocycles. The van der Waals surface area contributed by atoms with E-state index < -0.39 is 21.7 Å². The van der Waals surface area contributed by atoms with Crippen molar-refractivity contribution >= 4 is 33.2 Å². The number of benzene rings is 2. The van der Waals surface area contributed by atoms with Crippen LogP contribution in [-0.2, 0) is 14.8 Å². The van der Waals surface area contributed by atoms with Gasteiger partial charge in [-0.15, -0.1) is 0 Å². The molecule has 2 amide bonds. The van der Waals surface area contributed by atoms with Gasteiger partial charge >= 0.3 is 0 Å². The van der Waals surface area contributed by atoms with Gasteiger partial charge in [0.2, 0.25) is 15.9 Å². The topological polar surface area (TPSA) is 105 Å². The maximum absolute atomic E-state index is 12.7. The van der Waals surface area contributed by atoms with Crippen molar-refractivity contribution in [1.82, 2.24) is 4.90 Å². The summed E-state index contributed by atoms with van der Waals surface area (Å²) in [5, 5.41) is 2.62. The summed E-state index contributed by atoms with van der Waals surface area (Å²) in [7, 11) is -3.92. The van der Waals surface area contributed by atoms with Crippen LogP contribution in [0.1, 0.15) is 42.6 Å². The molecule has 0 unspecified atom stereocenters. The molecule has 0 aromatic heterocycles. The summed E-state index contributed by atoms with van der Waals surface area (Å²) >= 11 is 0. The Bertz CT molecular complexity index is 1080. The third-order valence-electron chi connectivity index (χ3n) is 5.05. The van der Waals surface area contributed by atoms with Gasteiger partial charge in [0.1, 0.15) is 11.5 Å². The zero-order chi connectivity index (χ0) is 23.3. The predicted octanol–water partition coefficient (Wildman–Crippen LogP) is 3.40. The van der Waals surface area contributed by atoms with Gasteiger partial charge in [0.25, 0.3) is 5.91 Å². The normalized spacial score (nSPS) is 13.8. The maximum Gasteiger partial charge on any atom is 0.254 e. The molecule has 2 N–H and O–H groups in total. The van der Waals surface area contributed by atoms with E-state index in [0.29, 0.717) is 28.3 Å². The quantitative estimate of drug-likeness (QED) is 0.630. The van der Waals surface area contributed by atoms with Gasteiger partial charge in [0.05, 0.1) is 6.10 Å². The van der Waals surface area contributed by atoms with Crippen LogP contribution in [0.3, 0.4) is 0 Å². The van der Waals surface area contributed by atoms with Gasteiger partial charge in [-0.25, -0.2) is 8.42 Å². The Balaban J connectivity index is 1.63. The molecule has 2 aromatic rings. The predicted molar refractivity (Wildman–Crippen MR) is 125 cm³/mol. The van der Waals surface area contributed by atoms with Gasteiger partial charge in [0, 0.05) is 30.0 Å². The van der Waals surface area contributed by atoms with E-state index in [1.54, 1.807) is 54.3 Å². The van der Waals surface area contributed by atoms with Crippen molar-refractivity contribution in [2.75, 3.05) is 28.9 Å². The largest absolute Gasteiger partial charge is 0.491 e. The summed E-state index contributed by atoms with van der Waals surface area (Å²) in [6.07, 6.45) is 1.98. The van der Waals surface area contributed by atoms with E-state index >= 15 is 0 Å². The van der Waals surface area contributed by atoms with Crippen molar-refractivity contribution in [3.8, 4) is 5.75 Å². The lowest BCUT2D eigenvalue weighted by Gasteiger charge is -2.18. The smallest absolute Gasteiger partial charge is 0.254 e. The number of amides is 2. The fourth-order valence-electron chi connectivity index (χ4n) is 3.54. The highest BCUT2D eigenvalue weighted by molar-refractivity contribution is 7.93. The lowest BCUT2D eigenvalue weighted by Crippen LogP contribution is -2.29. The lowest BCUT2D eigenvalue weighted by atomic mass is 10.1. The molecule has 0 saturated carbocycles. The average Bonchev–Trinajstić information content (AvgIpc) is 3.24. The van der Waals surface area contributed by atoms with Crippen LogP contribution in [-0.4, -0.2) is 50.1 Å². The third-order valence-corrected chi connectivity index (χ3v) is 6.24. The summed E-state index contributed by atoms with van der Waals surface area (Å²) in [5.74, 6) is -0.887. The number of carbonyl (C=O) groups is 2. The fraction of sp³-hybridized carbons (Fsp3) is 0.391. The highest BCUT2D eigenvalue weighted by Crippen LogP contribution is 2.23. The van der Waals surface area contributed by atoms with E-state index in [4.69, 9.17) is 4.74 Å². The molecule has 1 fully saturated rings. The molecule has 0 spiro atoms. The van der Waals surface area contributed by atoms with E-state index in [-0.39, 0.29) is 12.0 Å². The second-order valence-electron chi connectivity index (χ2n) is 8.08. The van der Waals surface area contributed by atoms with E-state index in [9.17, 15) is 18.0 Å². The third kappa shape index (κ3) is 6.23. The van der Waals surface area contributed by atoms with Crippen LogP contribution in [0.5, 0.6) is 5.75 Å². The first kappa shape index (κ1) is 23.6. The Morgan fingerprint density at radius 1 is 1.06 bits per heavy atom. The molecule has 8 nitrogen and oxygen atoms in total. The van der Waals surface area contributed by atoms with Gasteiger partial charge in [-0.2, -0.15) is 0 Å². The summed E-state index contributed by atoms with van der Waals surface area (Å²) in [6, 6.07) is 11.5. The van der Waals surface area contributed by atoms with Crippen LogP contribution >= 0.6 is 0 Å². The summed E-state index contributed by atoms with van der Waals surface area (Å²) in [5.41, 5.74) is 1.88. The van der Waals surface area contributed by atoms with Crippen LogP contribution in [0.25, 0.3) is 0 Å². The van der Waals surface area contributed by atoms with Crippen molar-refractivity contribution in [1.29, 1.82) is 0 Å². The molecule has 32 heavy (non-hydrogen) atoms. The monoisotopic (exact) mass is 459 g/mol. The van der Waals surface area contributed by atoms with E-state index in [1.165, 1.54) is 0 Å². The molecular weight excluding hydrogens is 430 g/mol. The number of anilines is 2. The zero-order valence-corrected chi connectivity index (χ0v) is 19.4. The SMILES string of the molecule is Cc1c(NC(=O)CS(=O)(=O)Nc2ccc(OC(C)C)cc2)cccc1C(=O)N1CCCC1. The van der Waals surface area contributed by atoms with Crippen LogP contribution < -0.4 is 14.8 Å². The van der Waals surface area contributed by atoms with Crippen LogP contribution in [0, 0.1) is 6.92 Å². The molecule has 0 radical (unpaired) electrons. The number of nitrogens with one attached hydrogen (secondary N) is 2. The van der Waals surface area contributed by atoms with Crippen LogP contribution in [0.2, 0.25) is 0 Å². The summed E-state index contributed by atoms with van der Waals surface area (Å²) in [4.78, 5) is 26.9. The van der Waals surface area contributed by atoms with Crippen molar-refractivity contribution in [3.05, 3.63) is 53.6 Å². The molecule has 3 rings (SSSR count). The zero-order valence-electron chi connectivity index (χ0n) is 18.6. The lowest BCUT2D eigenvalue weighted by molar-refractivity contribution is -0.113. The number of sulfonamides is 1. The summed E-state index contributed by atoms with van der Waals surface area (Å²) < 4.78 is 32.8. The van der Waals surface area contributed by atoms with E-state index in [0.717, 1.165) is 25.9 Å². The van der Waals surface area contributed by atoms with Gasteiger partial charge in [-0.3, -0.25) is 14.3 Å². The number of hydrogen-bond donors (Lipinski definition) is 2. The van der Waals surface area contributed by atoms with Gasteiger partial charge in [0.15, 0.2) is 0 Å². The van der Waals surface area contributed by atoms with Gasteiger partial charge in [-0.05, 0) is 75.6 Å². The number of carbonyl (C=O) groups excluding carboxylic acids is 2. The Labute approximate surface area is 189 Å². The Morgan fingerprint density at radius 3 is 2.34 bits per heavy atom. The minimum Gasteiger partial charge on any atom is -0.491 e. The molecular formula is C23H29N3O5S. The molecule has 1 saturated heterocycles. The molecule has 1 aliphatic heterocycles. The minimum atomic E-state index is -3.92. The van der Waals surface area contributed by atoms with Crippen molar-refractivity contribution < 1.29 is 22.7 Å². The first-order valence-corrected chi connectivity index (χ1v) is 12.3. The maximum atomic E-state index is 12.7. The number of hydrogen-bond acceptors (Lipinski definition) is 5. The Hall–Kier alpha value is -3.07. The molecule has 9 heteroatoms. The number of likely N-dealkylation sites (tertiary alicyclic amines) is 1. The molecule has 1 heterocycles. The van der Waals surface area contributed by atoms with Gasteiger partial charge < -0.3 is 15.0 Å². The number of rotatable bonds is 8. The first-order chi connectivity index (χ1) is 15.1. The fourth-order valence-corrected chi connectivity index (χ4v) is 4.53. The average molecular weight is 460 g/mol. The van der Waals surface area contributed by atoms with Crippen molar-refractivity contribution in [3.63, 3.8) is 0 Å². The number of ether oxygens (including phenoxy) is 1. The highest BCUT2D eigenvalue weighted by atomic mass is 32.2. The number of nitrogens with zero attached hydrogens (tertiary/aromatic N) is 1. The van der Waals surface area contributed by atoms with E-state index in [2.05, 4.69) is 10.0 Å². The Morgan fingerprint density at radius 2 is 1.72 bits per heavy atom. The standard InChI is InChI=1S/C23H29N3O5S/c1-16(2)31-19-11-9-18(10-12-19)25-32(29,30)15-22(27)24-21-8-6-7-20(17(21)3)23(28)26-13-4-5-14-26/h6-12,16,25H,4-5,13-15H2,1-3H3,(H,24,27). The molecule has 0 atom stereocenters. The first-order valence-electron chi connectivity index (χ1n) is 10.6. The van der Waals surface area contributed by atoms with Crippen molar-refractivity contribution in [2.45, 2.75) is 39.7 Å². The molecule has 1 aliphatic rings. The van der Waals surface area contributed by atoms with Crippen LogP contribution in [0.4, 0.5) is 11.4 Å². The second-order valence-corrected chi connectivity index (χ2v) is 9.80.